The minimum absolute atomic E-state index is 0.0434. The normalized spacial score (nSPS) is 25.6. The summed E-state index contributed by atoms with van der Waals surface area (Å²) in [7, 11) is 0. The van der Waals surface area contributed by atoms with E-state index in [1.807, 2.05) is 12.1 Å². The second-order valence-electron chi connectivity index (χ2n) is 11.5. The monoisotopic (exact) mass is 520 g/mol. The number of benzene rings is 1. The second-order valence-corrected chi connectivity index (χ2v) is 11.5. The van der Waals surface area contributed by atoms with E-state index >= 15 is 0 Å². The van der Waals surface area contributed by atoms with Gasteiger partial charge in [0, 0.05) is 12.2 Å². The van der Waals surface area contributed by atoms with E-state index in [0.29, 0.717) is 36.3 Å². The third-order valence-electron chi connectivity index (χ3n) is 8.98. The molecule has 7 heteroatoms. The van der Waals surface area contributed by atoms with Crippen molar-refractivity contribution in [2.75, 3.05) is 6.61 Å². The number of carbonyl (C=O) groups excluding carboxylic acids is 4. The van der Waals surface area contributed by atoms with Gasteiger partial charge < -0.3 is 14.6 Å². The first-order valence-corrected chi connectivity index (χ1v) is 13.9. The van der Waals surface area contributed by atoms with Gasteiger partial charge in [0.05, 0.1) is 36.3 Å². The summed E-state index contributed by atoms with van der Waals surface area (Å²) in [4.78, 5) is 52.5. The highest BCUT2D eigenvalue weighted by Gasteiger charge is 2.52. The smallest absolute Gasteiger partial charge is 0.177 e. The summed E-state index contributed by atoms with van der Waals surface area (Å²) in [6.45, 7) is 1.12. The zero-order valence-corrected chi connectivity index (χ0v) is 21.9. The molecule has 0 radical (unpaired) electrons. The average Bonchev–Trinajstić information content (AvgIpc) is 3.40. The summed E-state index contributed by atoms with van der Waals surface area (Å²) >= 11 is 0. The summed E-state index contributed by atoms with van der Waals surface area (Å²) in [5.41, 5.74) is 3.28. The third kappa shape index (κ3) is 4.89. The molecule has 0 saturated heterocycles. The van der Waals surface area contributed by atoms with Crippen LogP contribution in [-0.2, 0) is 27.2 Å². The molecule has 2 saturated carbocycles. The fraction of sp³-hybridized carbons (Fsp3) is 0.548. The van der Waals surface area contributed by atoms with Crippen LogP contribution < -0.4 is 0 Å². The number of hydrogen-bond acceptors (Lipinski definition) is 7. The molecule has 1 heterocycles. The molecule has 0 amide bonds. The van der Waals surface area contributed by atoms with Crippen molar-refractivity contribution in [3.8, 4) is 16.9 Å². The zero-order valence-electron chi connectivity index (χ0n) is 21.9. The molecule has 202 valence electrons. The number of phenolic OH excluding ortho intramolecular Hbond substituents is 1. The van der Waals surface area contributed by atoms with E-state index in [1.165, 1.54) is 13.3 Å². The first-order chi connectivity index (χ1) is 18.3. The van der Waals surface area contributed by atoms with Crippen LogP contribution in [0.5, 0.6) is 5.75 Å². The first kappa shape index (κ1) is 26.5. The number of aliphatic hydroxyl groups is 1. The molecule has 5 rings (SSSR count). The van der Waals surface area contributed by atoms with Crippen molar-refractivity contribution >= 4 is 23.1 Å². The maximum atomic E-state index is 14.1. The van der Waals surface area contributed by atoms with Crippen LogP contribution in [0.2, 0.25) is 0 Å². The van der Waals surface area contributed by atoms with Gasteiger partial charge in [-0.15, -0.1) is 0 Å². The van der Waals surface area contributed by atoms with Crippen molar-refractivity contribution in [1.29, 1.82) is 0 Å². The number of aliphatic hydroxyl groups excluding tert-OH is 1. The minimum atomic E-state index is -1.08. The van der Waals surface area contributed by atoms with Crippen LogP contribution in [0.4, 0.5) is 0 Å². The second kappa shape index (κ2) is 11.0. The van der Waals surface area contributed by atoms with E-state index < -0.39 is 35.1 Å². The van der Waals surface area contributed by atoms with Crippen molar-refractivity contribution in [1.82, 2.24) is 0 Å². The maximum absolute atomic E-state index is 14.1. The average molecular weight is 521 g/mol. The summed E-state index contributed by atoms with van der Waals surface area (Å²) in [6, 6.07) is 3.82. The molecule has 3 aliphatic carbocycles. The molecule has 7 nitrogen and oxygen atoms in total. The van der Waals surface area contributed by atoms with Gasteiger partial charge in [-0.25, -0.2) is 0 Å². The topological polar surface area (TPSA) is 122 Å². The van der Waals surface area contributed by atoms with Crippen molar-refractivity contribution < 1.29 is 33.8 Å². The van der Waals surface area contributed by atoms with Crippen LogP contribution in [0.1, 0.15) is 79.8 Å². The number of rotatable bonds is 8. The van der Waals surface area contributed by atoms with E-state index in [1.54, 1.807) is 12.5 Å². The molecule has 0 spiro atoms. The number of fused-ring (bicyclic) bond motifs is 2. The lowest BCUT2D eigenvalue weighted by molar-refractivity contribution is -0.142. The number of aromatic hydroxyl groups is 1. The predicted octanol–water partition coefficient (Wildman–Crippen LogP) is 4.88. The van der Waals surface area contributed by atoms with E-state index in [0.717, 1.165) is 36.8 Å². The van der Waals surface area contributed by atoms with Crippen LogP contribution in [0.25, 0.3) is 11.1 Å². The van der Waals surface area contributed by atoms with Crippen molar-refractivity contribution in [2.45, 2.75) is 71.1 Å². The molecule has 2 N–H and O–H groups in total. The van der Waals surface area contributed by atoms with E-state index in [4.69, 9.17) is 4.42 Å². The lowest BCUT2D eigenvalue weighted by Gasteiger charge is -2.42. The highest BCUT2D eigenvalue weighted by Crippen LogP contribution is 2.49. The van der Waals surface area contributed by atoms with Gasteiger partial charge in [0.2, 0.25) is 0 Å². The Hall–Kier alpha value is -3.06. The number of furan rings is 1. The fourth-order valence-corrected chi connectivity index (χ4v) is 7.29. The summed E-state index contributed by atoms with van der Waals surface area (Å²) in [5, 5.41) is 21.1. The lowest BCUT2D eigenvalue weighted by Crippen LogP contribution is -2.50. The number of hydrogen-bond donors (Lipinski definition) is 2. The molecule has 2 aromatic rings. The largest absolute Gasteiger partial charge is 0.507 e. The molecular formula is C31H36O7. The van der Waals surface area contributed by atoms with E-state index in [9.17, 15) is 29.4 Å². The Morgan fingerprint density at radius 3 is 2.55 bits per heavy atom. The van der Waals surface area contributed by atoms with Crippen LogP contribution in [0, 0.1) is 29.6 Å². The first-order valence-electron chi connectivity index (χ1n) is 13.9. The Labute approximate surface area is 222 Å². The van der Waals surface area contributed by atoms with Gasteiger partial charge in [-0.2, -0.15) is 0 Å². The standard InChI is InChI=1S/C31H36O7/c1-17(33)11-25(34)26-19(7-9-32)13-21-14-24-23(20-8-10-38-16-20)15-22(12-18-5-3-2-4-6-18)29(35)28(24)31(37)27(21)30(26)36/h8,10,15-16,18-19,21,26-27,32,35H,2-7,9,11-14H2,1H3. The van der Waals surface area contributed by atoms with Crippen LogP contribution in [-0.4, -0.2) is 40.0 Å². The minimum Gasteiger partial charge on any atom is -0.507 e. The number of ketones is 4. The SMILES string of the molecule is CC(=O)CC(=O)C1C(=O)C2C(=O)c3c(O)c(CC4CCCCC4)cc(-c4ccoc4)c3CC2CC1CCO. The van der Waals surface area contributed by atoms with Gasteiger partial charge in [-0.3, -0.25) is 19.2 Å². The number of Topliss-reactive ketones (excluding diaryl/α,β-unsaturated/α-hetero) is 4. The van der Waals surface area contributed by atoms with Crippen molar-refractivity contribution in [3.63, 3.8) is 0 Å². The Morgan fingerprint density at radius 1 is 1.13 bits per heavy atom. The lowest BCUT2D eigenvalue weighted by atomic mass is 9.58. The summed E-state index contributed by atoms with van der Waals surface area (Å²) in [6.07, 6.45) is 10.3. The number of carbonyl (C=O) groups is 4. The Bertz CT molecular complexity index is 1240. The van der Waals surface area contributed by atoms with Gasteiger partial charge in [-0.1, -0.05) is 32.1 Å². The Morgan fingerprint density at radius 2 is 1.89 bits per heavy atom. The van der Waals surface area contributed by atoms with E-state index in [2.05, 4.69) is 0 Å². The molecule has 3 aliphatic rings. The predicted molar refractivity (Wildman–Crippen MR) is 140 cm³/mol. The maximum Gasteiger partial charge on any atom is 0.177 e. The molecule has 4 atom stereocenters. The summed E-state index contributed by atoms with van der Waals surface area (Å²) in [5.74, 6) is -4.21. The molecule has 0 bridgehead atoms. The molecule has 2 fully saturated rings. The van der Waals surface area contributed by atoms with Gasteiger partial charge in [0.15, 0.2) is 17.3 Å². The molecule has 0 aliphatic heterocycles. The van der Waals surface area contributed by atoms with Crippen LogP contribution in [0.15, 0.2) is 29.1 Å². The highest BCUT2D eigenvalue weighted by molar-refractivity contribution is 6.20. The number of phenols is 1. The molecule has 4 unspecified atom stereocenters. The van der Waals surface area contributed by atoms with Gasteiger partial charge >= 0.3 is 0 Å². The van der Waals surface area contributed by atoms with Crippen molar-refractivity contribution in [2.24, 2.45) is 29.6 Å². The summed E-state index contributed by atoms with van der Waals surface area (Å²) < 4.78 is 5.36. The van der Waals surface area contributed by atoms with Crippen molar-refractivity contribution in [3.05, 3.63) is 41.3 Å². The Kier molecular flexibility index (Phi) is 7.66. The Balaban J connectivity index is 1.58. The van der Waals surface area contributed by atoms with Crippen LogP contribution in [0.3, 0.4) is 0 Å². The van der Waals surface area contributed by atoms with Crippen LogP contribution >= 0.6 is 0 Å². The molecule has 1 aromatic carbocycles. The quantitative estimate of drug-likeness (QED) is 0.476. The third-order valence-corrected chi connectivity index (χ3v) is 8.98. The van der Waals surface area contributed by atoms with E-state index in [-0.39, 0.29) is 42.5 Å². The van der Waals surface area contributed by atoms with Gasteiger partial charge in [0.25, 0.3) is 0 Å². The molecule has 38 heavy (non-hydrogen) atoms. The zero-order chi connectivity index (χ0) is 27.0. The molecule has 1 aromatic heterocycles. The van der Waals surface area contributed by atoms with Gasteiger partial charge in [0.1, 0.15) is 11.5 Å². The fourth-order valence-electron chi connectivity index (χ4n) is 7.29. The van der Waals surface area contributed by atoms with Gasteiger partial charge in [-0.05, 0) is 79.2 Å². The molecular weight excluding hydrogens is 484 g/mol. The highest BCUT2D eigenvalue weighted by atomic mass is 16.3.